The average molecular weight is 549 g/mol. The first kappa shape index (κ1) is 25.9. The SMILES string of the molecule is O=C(Nc1ccccc1-c1ccccc1)c1nnn(-c2ccc(OC(F)(F)F)cc2)c1CSc1ncccn1. The quantitative estimate of drug-likeness (QED) is 0.183. The van der Waals surface area contributed by atoms with Gasteiger partial charge in [0.25, 0.3) is 5.91 Å². The molecule has 5 rings (SSSR count). The maximum absolute atomic E-state index is 13.5. The van der Waals surface area contributed by atoms with Crippen molar-refractivity contribution in [1.29, 1.82) is 0 Å². The van der Waals surface area contributed by atoms with Gasteiger partial charge in [0.05, 0.1) is 11.4 Å². The van der Waals surface area contributed by atoms with E-state index in [1.165, 1.54) is 28.6 Å². The van der Waals surface area contributed by atoms with Crippen LogP contribution in [0.2, 0.25) is 0 Å². The van der Waals surface area contributed by atoms with E-state index in [1.807, 2.05) is 48.5 Å². The topological polar surface area (TPSA) is 94.8 Å². The Balaban J connectivity index is 1.47. The Bertz CT molecular complexity index is 1560. The maximum atomic E-state index is 13.5. The van der Waals surface area contributed by atoms with Crippen LogP contribution in [-0.4, -0.2) is 37.2 Å². The van der Waals surface area contributed by atoms with Crippen molar-refractivity contribution in [2.24, 2.45) is 0 Å². The lowest BCUT2D eigenvalue weighted by Gasteiger charge is -2.12. The van der Waals surface area contributed by atoms with Crippen LogP contribution in [0.15, 0.2) is 102 Å². The molecule has 2 aromatic heterocycles. The molecule has 1 N–H and O–H groups in total. The van der Waals surface area contributed by atoms with Crippen LogP contribution in [0.1, 0.15) is 16.2 Å². The van der Waals surface area contributed by atoms with E-state index in [2.05, 4.69) is 30.3 Å². The molecule has 196 valence electrons. The fourth-order valence-electron chi connectivity index (χ4n) is 3.74. The van der Waals surface area contributed by atoms with Crippen molar-refractivity contribution in [3.63, 3.8) is 0 Å². The summed E-state index contributed by atoms with van der Waals surface area (Å²) in [6.07, 6.45) is -1.62. The molecule has 0 saturated heterocycles. The van der Waals surface area contributed by atoms with E-state index in [4.69, 9.17) is 0 Å². The molecule has 0 saturated carbocycles. The Kier molecular flexibility index (Phi) is 7.55. The van der Waals surface area contributed by atoms with E-state index in [1.54, 1.807) is 24.5 Å². The number of hydrogen-bond acceptors (Lipinski definition) is 7. The molecule has 0 fully saturated rings. The number of nitrogens with zero attached hydrogens (tertiary/aromatic N) is 5. The number of thioether (sulfide) groups is 1. The fraction of sp³-hybridized carbons (Fsp3) is 0.0741. The van der Waals surface area contributed by atoms with Crippen molar-refractivity contribution in [3.8, 4) is 22.6 Å². The number of alkyl halides is 3. The number of aromatic nitrogens is 5. The molecular weight excluding hydrogens is 529 g/mol. The van der Waals surface area contributed by atoms with Gasteiger partial charge in [-0.2, -0.15) is 0 Å². The Morgan fingerprint density at radius 1 is 0.897 bits per heavy atom. The van der Waals surface area contributed by atoms with E-state index in [9.17, 15) is 18.0 Å². The van der Waals surface area contributed by atoms with Gasteiger partial charge < -0.3 is 10.1 Å². The highest BCUT2D eigenvalue weighted by Crippen LogP contribution is 2.30. The van der Waals surface area contributed by atoms with Crippen LogP contribution in [0.25, 0.3) is 16.8 Å². The molecule has 0 bridgehead atoms. The highest BCUT2D eigenvalue weighted by atomic mass is 32.2. The number of benzene rings is 3. The Morgan fingerprint density at radius 3 is 2.31 bits per heavy atom. The minimum Gasteiger partial charge on any atom is -0.406 e. The summed E-state index contributed by atoms with van der Waals surface area (Å²) in [5, 5.41) is 11.7. The molecule has 0 aliphatic rings. The monoisotopic (exact) mass is 548 g/mol. The minimum atomic E-state index is -4.81. The molecule has 5 aromatic rings. The van der Waals surface area contributed by atoms with E-state index in [-0.39, 0.29) is 17.2 Å². The summed E-state index contributed by atoms with van der Waals surface area (Å²) < 4.78 is 43.1. The second kappa shape index (κ2) is 11.4. The number of nitrogens with one attached hydrogen (secondary N) is 1. The molecule has 0 spiro atoms. The number of carbonyl (C=O) groups is 1. The lowest BCUT2D eigenvalue weighted by molar-refractivity contribution is -0.274. The number of halogens is 3. The highest BCUT2D eigenvalue weighted by molar-refractivity contribution is 7.98. The van der Waals surface area contributed by atoms with Gasteiger partial charge in [-0.25, -0.2) is 14.6 Å². The van der Waals surface area contributed by atoms with Crippen molar-refractivity contribution in [1.82, 2.24) is 25.0 Å². The number of ether oxygens (including phenoxy) is 1. The van der Waals surface area contributed by atoms with Gasteiger partial charge >= 0.3 is 6.36 Å². The lowest BCUT2D eigenvalue weighted by Crippen LogP contribution is -2.17. The molecule has 3 aromatic carbocycles. The summed E-state index contributed by atoms with van der Waals surface area (Å²) in [6, 6.07) is 23.8. The third-order valence-corrected chi connectivity index (χ3v) is 6.32. The number of carbonyl (C=O) groups excluding carboxylic acids is 1. The van der Waals surface area contributed by atoms with Crippen LogP contribution in [0.3, 0.4) is 0 Å². The highest BCUT2D eigenvalue weighted by Gasteiger charge is 2.31. The smallest absolute Gasteiger partial charge is 0.406 e. The molecule has 0 radical (unpaired) electrons. The Morgan fingerprint density at radius 2 is 1.59 bits per heavy atom. The third kappa shape index (κ3) is 6.41. The van der Waals surface area contributed by atoms with Gasteiger partial charge in [0.15, 0.2) is 10.9 Å². The van der Waals surface area contributed by atoms with E-state index in [0.29, 0.717) is 22.2 Å². The number of amides is 1. The molecule has 0 aliphatic heterocycles. The van der Waals surface area contributed by atoms with Crippen molar-refractivity contribution in [2.45, 2.75) is 17.3 Å². The second-order valence-electron chi connectivity index (χ2n) is 8.02. The van der Waals surface area contributed by atoms with Crippen molar-refractivity contribution in [2.75, 3.05) is 5.32 Å². The van der Waals surface area contributed by atoms with Crippen molar-refractivity contribution in [3.05, 3.63) is 109 Å². The van der Waals surface area contributed by atoms with E-state index >= 15 is 0 Å². The van der Waals surface area contributed by atoms with Gasteiger partial charge in [-0.3, -0.25) is 4.79 Å². The van der Waals surface area contributed by atoms with Crippen LogP contribution in [0.5, 0.6) is 5.75 Å². The zero-order valence-corrected chi connectivity index (χ0v) is 20.9. The van der Waals surface area contributed by atoms with Gasteiger partial charge in [-0.1, -0.05) is 65.5 Å². The van der Waals surface area contributed by atoms with E-state index in [0.717, 1.165) is 23.3 Å². The molecule has 1 amide bonds. The number of hydrogen-bond donors (Lipinski definition) is 1. The number of anilines is 1. The first-order valence-corrected chi connectivity index (χ1v) is 12.5. The summed E-state index contributed by atoms with van der Waals surface area (Å²) in [4.78, 5) is 21.9. The summed E-state index contributed by atoms with van der Waals surface area (Å²) >= 11 is 1.26. The zero-order chi connectivity index (χ0) is 27.2. The van der Waals surface area contributed by atoms with E-state index < -0.39 is 12.3 Å². The Labute approximate surface area is 224 Å². The molecule has 39 heavy (non-hydrogen) atoms. The van der Waals surface area contributed by atoms with Gasteiger partial charge in [0, 0.05) is 29.4 Å². The van der Waals surface area contributed by atoms with Crippen LogP contribution in [-0.2, 0) is 5.75 Å². The van der Waals surface area contributed by atoms with Gasteiger partial charge in [0.2, 0.25) is 0 Å². The fourth-order valence-corrected chi connectivity index (χ4v) is 4.54. The standard InChI is InChI=1S/C27H19F3N6O2S/c28-27(29,30)38-20-13-11-19(12-14-20)36-23(17-39-26-31-15-6-16-32-26)24(34-35-36)25(37)33-22-10-5-4-9-21(22)18-7-2-1-3-8-18/h1-16H,17H2,(H,33,37). The first-order valence-electron chi connectivity index (χ1n) is 11.5. The van der Waals surface area contributed by atoms with Crippen LogP contribution in [0.4, 0.5) is 18.9 Å². The van der Waals surface area contributed by atoms with Crippen LogP contribution < -0.4 is 10.1 Å². The predicted octanol–water partition coefficient (Wildman–Crippen LogP) is 6.17. The third-order valence-electron chi connectivity index (χ3n) is 5.43. The molecule has 8 nitrogen and oxygen atoms in total. The summed E-state index contributed by atoms with van der Waals surface area (Å²) in [6.45, 7) is 0. The van der Waals surface area contributed by atoms with Crippen LogP contribution in [0, 0.1) is 0 Å². The van der Waals surface area contributed by atoms with Gasteiger partial charge in [-0.05, 0) is 42.0 Å². The van der Waals surface area contributed by atoms with Crippen LogP contribution >= 0.6 is 11.8 Å². The summed E-state index contributed by atoms with van der Waals surface area (Å²) in [5.41, 5.74) is 3.19. The normalized spacial score (nSPS) is 11.3. The Hall–Kier alpha value is -4.71. The largest absolute Gasteiger partial charge is 0.573 e. The second-order valence-corrected chi connectivity index (χ2v) is 8.97. The first-order chi connectivity index (χ1) is 18.9. The maximum Gasteiger partial charge on any atom is 0.573 e. The number of rotatable bonds is 8. The molecule has 2 heterocycles. The molecule has 12 heteroatoms. The summed E-state index contributed by atoms with van der Waals surface area (Å²) in [7, 11) is 0. The molecular formula is C27H19F3N6O2S. The van der Waals surface area contributed by atoms with Gasteiger partial charge in [0.1, 0.15) is 5.75 Å². The summed E-state index contributed by atoms with van der Waals surface area (Å²) in [5.74, 6) is -0.664. The predicted molar refractivity (Wildman–Crippen MR) is 139 cm³/mol. The molecule has 0 aliphatic carbocycles. The molecule has 0 atom stereocenters. The molecule has 0 unspecified atom stereocenters. The average Bonchev–Trinajstić information content (AvgIpc) is 3.37. The van der Waals surface area contributed by atoms with Crippen molar-refractivity contribution < 1.29 is 22.7 Å². The van der Waals surface area contributed by atoms with Crippen molar-refractivity contribution >= 4 is 23.4 Å². The minimum absolute atomic E-state index is 0.0527. The van der Waals surface area contributed by atoms with Gasteiger partial charge in [-0.15, -0.1) is 18.3 Å². The zero-order valence-electron chi connectivity index (χ0n) is 20.0. The lowest BCUT2D eigenvalue weighted by atomic mass is 10.0. The number of para-hydroxylation sites is 1.